The molecule has 0 aromatic heterocycles. The maximum atomic E-state index is 3.61. The fourth-order valence-electron chi connectivity index (χ4n) is 0.616. The fraction of sp³-hybridized carbons (Fsp3) is 0.200. The molecule has 0 spiro atoms. The minimum absolute atomic E-state index is 1.23. The lowest BCUT2D eigenvalue weighted by atomic mass is 10.1. The molecule has 0 aliphatic carbocycles. The summed E-state index contributed by atoms with van der Waals surface area (Å²) in [4.78, 5) is 0. The summed E-state index contributed by atoms with van der Waals surface area (Å²) in [5.74, 6) is 0. The molecule has 10 heavy (non-hydrogen) atoms. The highest BCUT2D eigenvalue weighted by Gasteiger charge is 1.86. The monoisotopic (exact) mass is 134 g/mol. The standard InChI is InChI=1S/C10H14/c1-5-7-9(3)10(4)8-6-2/h5-8H,1-2H2,3-4H3/b9-7+,10-8+. The van der Waals surface area contributed by atoms with Crippen LogP contribution in [0.5, 0.6) is 0 Å². The van der Waals surface area contributed by atoms with Crippen LogP contribution in [0.1, 0.15) is 13.8 Å². The van der Waals surface area contributed by atoms with Crippen molar-refractivity contribution in [1.29, 1.82) is 0 Å². The molecule has 0 unspecified atom stereocenters. The average molecular weight is 134 g/mol. The van der Waals surface area contributed by atoms with Crippen molar-refractivity contribution >= 4 is 0 Å². The van der Waals surface area contributed by atoms with Crippen LogP contribution in [-0.2, 0) is 0 Å². The van der Waals surface area contributed by atoms with Gasteiger partial charge in [-0.15, -0.1) is 0 Å². The van der Waals surface area contributed by atoms with Crippen LogP contribution in [0.2, 0.25) is 0 Å². The van der Waals surface area contributed by atoms with Gasteiger partial charge in [-0.25, -0.2) is 0 Å². The van der Waals surface area contributed by atoms with E-state index in [1.807, 2.05) is 12.2 Å². The first kappa shape index (κ1) is 8.96. The van der Waals surface area contributed by atoms with Crippen molar-refractivity contribution in [2.24, 2.45) is 0 Å². The van der Waals surface area contributed by atoms with Gasteiger partial charge in [-0.2, -0.15) is 0 Å². The molecular formula is C10H14. The minimum atomic E-state index is 1.23. The molecule has 0 N–H and O–H groups in total. The van der Waals surface area contributed by atoms with Gasteiger partial charge in [0.25, 0.3) is 0 Å². The Bertz CT molecular complexity index is 158. The van der Waals surface area contributed by atoms with Crippen molar-refractivity contribution in [2.45, 2.75) is 13.8 Å². The van der Waals surface area contributed by atoms with Gasteiger partial charge in [0, 0.05) is 0 Å². The van der Waals surface area contributed by atoms with Gasteiger partial charge < -0.3 is 0 Å². The molecule has 0 aliphatic heterocycles. The highest BCUT2D eigenvalue weighted by atomic mass is 13.9. The predicted octanol–water partition coefficient (Wildman–Crippen LogP) is 3.25. The summed E-state index contributed by atoms with van der Waals surface area (Å²) in [6.07, 6.45) is 7.54. The Morgan fingerprint density at radius 1 is 0.900 bits per heavy atom. The predicted molar refractivity (Wildman–Crippen MR) is 47.9 cm³/mol. The molecule has 0 aromatic rings. The van der Waals surface area contributed by atoms with E-state index in [2.05, 4.69) is 27.0 Å². The number of allylic oxidation sites excluding steroid dienone is 6. The Hall–Kier alpha value is -1.04. The molecular weight excluding hydrogens is 120 g/mol. The maximum absolute atomic E-state index is 3.61. The van der Waals surface area contributed by atoms with E-state index in [0.29, 0.717) is 0 Å². The van der Waals surface area contributed by atoms with E-state index < -0.39 is 0 Å². The van der Waals surface area contributed by atoms with Crippen LogP contribution in [0, 0.1) is 0 Å². The quantitative estimate of drug-likeness (QED) is 0.520. The summed E-state index contributed by atoms with van der Waals surface area (Å²) in [7, 11) is 0. The second-order valence-corrected chi connectivity index (χ2v) is 2.17. The Morgan fingerprint density at radius 2 is 1.20 bits per heavy atom. The van der Waals surface area contributed by atoms with Crippen molar-refractivity contribution in [2.75, 3.05) is 0 Å². The van der Waals surface area contributed by atoms with Crippen LogP contribution in [0.3, 0.4) is 0 Å². The van der Waals surface area contributed by atoms with Crippen molar-refractivity contribution < 1.29 is 0 Å². The van der Waals surface area contributed by atoms with Crippen molar-refractivity contribution in [3.05, 3.63) is 48.6 Å². The Kier molecular flexibility index (Phi) is 4.30. The normalized spacial score (nSPS) is 13.0. The Labute approximate surface area is 63.3 Å². The van der Waals surface area contributed by atoms with Crippen LogP contribution in [0.25, 0.3) is 0 Å². The van der Waals surface area contributed by atoms with E-state index in [1.165, 1.54) is 11.1 Å². The van der Waals surface area contributed by atoms with Crippen LogP contribution < -0.4 is 0 Å². The highest BCUT2D eigenvalue weighted by molar-refractivity contribution is 5.31. The lowest BCUT2D eigenvalue weighted by molar-refractivity contribution is 1.35. The second-order valence-electron chi connectivity index (χ2n) is 2.17. The summed E-state index contributed by atoms with van der Waals surface area (Å²) in [5.41, 5.74) is 2.46. The number of hydrogen-bond acceptors (Lipinski definition) is 0. The molecule has 0 heteroatoms. The lowest BCUT2D eigenvalue weighted by Gasteiger charge is -1.96. The molecule has 0 rings (SSSR count). The number of hydrogen-bond donors (Lipinski definition) is 0. The molecule has 0 atom stereocenters. The summed E-state index contributed by atoms with van der Waals surface area (Å²) in [6, 6.07) is 0. The van der Waals surface area contributed by atoms with E-state index in [4.69, 9.17) is 0 Å². The van der Waals surface area contributed by atoms with Crippen molar-refractivity contribution in [3.63, 3.8) is 0 Å². The molecule has 54 valence electrons. The van der Waals surface area contributed by atoms with Gasteiger partial charge >= 0.3 is 0 Å². The average Bonchev–Trinajstić information content (AvgIpc) is 1.89. The third-order valence-corrected chi connectivity index (χ3v) is 1.36. The van der Waals surface area contributed by atoms with E-state index in [-0.39, 0.29) is 0 Å². The van der Waals surface area contributed by atoms with Gasteiger partial charge in [-0.1, -0.05) is 37.5 Å². The molecule has 0 bridgehead atoms. The summed E-state index contributed by atoms with van der Waals surface area (Å²) in [5, 5.41) is 0. The fourth-order valence-corrected chi connectivity index (χ4v) is 0.616. The van der Waals surface area contributed by atoms with E-state index in [1.54, 1.807) is 12.2 Å². The van der Waals surface area contributed by atoms with Gasteiger partial charge in [0.05, 0.1) is 0 Å². The molecule has 0 radical (unpaired) electrons. The smallest absolute Gasteiger partial charge is 0.0395 e. The van der Waals surface area contributed by atoms with Gasteiger partial charge in [-0.05, 0) is 25.0 Å². The molecule has 0 saturated heterocycles. The van der Waals surface area contributed by atoms with Crippen LogP contribution in [-0.4, -0.2) is 0 Å². The Balaban J connectivity index is 4.33. The van der Waals surface area contributed by atoms with Gasteiger partial charge in [-0.3, -0.25) is 0 Å². The van der Waals surface area contributed by atoms with E-state index in [9.17, 15) is 0 Å². The molecule has 0 heterocycles. The van der Waals surface area contributed by atoms with Crippen LogP contribution in [0.4, 0.5) is 0 Å². The molecule has 0 saturated carbocycles. The molecule has 0 amide bonds. The molecule has 0 fully saturated rings. The SMILES string of the molecule is C=C/C=C(C)/C(C)=C/C=C. The van der Waals surface area contributed by atoms with Crippen LogP contribution in [0.15, 0.2) is 48.6 Å². The van der Waals surface area contributed by atoms with Gasteiger partial charge in [0.15, 0.2) is 0 Å². The minimum Gasteiger partial charge on any atom is -0.0991 e. The van der Waals surface area contributed by atoms with Crippen molar-refractivity contribution in [1.82, 2.24) is 0 Å². The second kappa shape index (κ2) is 4.80. The zero-order chi connectivity index (χ0) is 7.98. The lowest BCUT2D eigenvalue weighted by Crippen LogP contribution is -1.75. The molecule has 0 nitrogen and oxygen atoms in total. The summed E-state index contributed by atoms with van der Waals surface area (Å²) in [6.45, 7) is 11.3. The third-order valence-electron chi connectivity index (χ3n) is 1.36. The zero-order valence-corrected chi connectivity index (χ0v) is 6.72. The first-order chi connectivity index (χ1) is 4.72. The summed E-state index contributed by atoms with van der Waals surface area (Å²) < 4.78 is 0. The molecule has 0 aromatic carbocycles. The van der Waals surface area contributed by atoms with E-state index in [0.717, 1.165) is 0 Å². The first-order valence-electron chi connectivity index (χ1n) is 3.31. The topological polar surface area (TPSA) is 0 Å². The zero-order valence-electron chi connectivity index (χ0n) is 6.72. The van der Waals surface area contributed by atoms with E-state index >= 15 is 0 Å². The maximum Gasteiger partial charge on any atom is -0.0395 e. The molecule has 0 aliphatic rings. The third kappa shape index (κ3) is 3.08. The number of rotatable bonds is 3. The van der Waals surface area contributed by atoms with Crippen LogP contribution >= 0.6 is 0 Å². The highest BCUT2D eigenvalue weighted by Crippen LogP contribution is 2.07. The van der Waals surface area contributed by atoms with Gasteiger partial charge in [0.2, 0.25) is 0 Å². The van der Waals surface area contributed by atoms with Crippen molar-refractivity contribution in [3.8, 4) is 0 Å². The first-order valence-corrected chi connectivity index (χ1v) is 3.31. The summed E-state index contributed by atoms with van der Waals surface area (Å²) >= 11 is 0. The Morgan fingerprint density at radius 3 is 1.40 bits per heavy atom. The largest absolute Gasteiger partial charge is 0.0991 e. The van der Waals surface area contributed by atoms with Gasteiger partial charge in [0.1, 0.15) is 0 Å².